The van der Waals surface area contributed by atoms with Crippen molar-refractivity contribution in [2.24, 2.45) is 0 Å². The van der Waals surface area contributed by atoms with E-state index in [1.54, 1.807) is 6.07 Å². The lowest BCUT2D eigenvalue weighted by atomic mass is 10.2. The minimum absolute atomic E-state index is 0.303. The van der Waals surface area contributed by atoms with Crippen LogP contribution in [0.25, 0.3) is 10.9 Å². The van der Waals surface area contributed by atoms with Crippen LogP contribution in [0.1, 0.15) is 5.56 Å². The number of rotatable bonds is 3. The second kappa shape index (κ2) is 6.94. The molecule has 0 amide bonds. The van der Waals surface area contributed by atoms with Gasteiger partial charge in [-0.3, -0.25) is 4.90 Å². The third kappa shape index (κ3) is 3.43. The van der Waals surface area contributed by atoms with E-state index in [4.69, 9.17) is 11.6 Å². The second-order valence-corrected chi connectivity index (χ2v) is 6.66. The van der Waals surface area contributed by atoms with Crippen LogP contribution in [0.5, 0.6) is 0 Å². The first-order valence-corrected chi connectivity index (χ1v) is 8.69. The van der Waals surface area contributed by atoms with Gasteiger partial charge >= 0.3 is 0 Å². The van der Waals surface area contributed by atoms with Crippen molar-refractivity contribution in [2.45, 2.75) is 6.54 Å². The molecule has 1 aliphatic rings. The van der Waals surface area contributed by atoms with Gasteiger partial charge in [0.15, 0.2) is 0 Å². The second-order valence-electron chi connectivity index (χ2n) is 6.22. The van der Waals surface area contributed by atoms with Gasteiger partial charge in [0.25, 0.3) is 0 Å². The molecule has 2 aromatic carbocycles. The van der Waals surface area contributed by atoms with Crippen LogP contribution < -0.4 is 4.90 Å². The van der Waals surface area contributed by atoms with Crippen LogP contribution in [0.15, 0.2) is 48.8 Å². The molecule has 1 fully saturated rings. The summed E-state index contributed by atoms with van der Waals surface area (Å²) in [4.78, 5) is 13.1. The lowest BCUT2D eigenvalue weighted by Gasteiger charge is -2.35. The number of benzene rings is 2. The Labute approximate surface area is 150 Å². The summed E-state index contributed by atoms with van der Waals surface area (Å²) in [6.07, 6.45) is 1.45. The molecule has 1 aromatic heterocycles. The van der Waals surface area contributed by atoms with Crippen molar-refractivity contribution in [1.82, 2.24) is 14.9 Å². The summed E-state index contributed by atoms with van der Waals surface area (Å²) in [5.74, 6) is 0.512. The summed E-state index contributed by atoms with van der Waals surface area (Å²) in [6, 6.07) is 13.0. The highest BCUT2D eigenvalue weighted by Crippen LogP contribution is 2.25. The van der Waals surface area contributed by atoms with Gasteiger partial charge in [0.1, 0.15) is 23.5 Å². The monoisotopic (exact) mass is 356 g/mol. The molecule has 0 spiro atoms. The van der Waals surface area contributed by atoms with Crippen molar-refractivity contribution < 1.29 is 4.39 Å². The third-order valence-corrected chi connectivity index (χ3v) is 4.84. The van der Waals surface area contributed by atoms with E-state index in [-0.39, 0.29) is 5.82 Å². The van der Waals surface area contributed by atoms with E-state index in [1.807, 2.05) is 18.2 Å². The lowest BCUT2D eigenvalue weighted by Crippen LogP contribution is -2.46. The number of anilines is 1. The maximum absolute atomic E-state index is 13.9. The molecule has 4 nitrogen and oxygen atoms in total. The maximum atomic E-state index is 13.9. The first-order chi connectivity index (χ1) is 12.2. The molecule has 3 aromatic rings. The van der Waals surface area contributed by atoms with E-state index in [2.05, 4.69) is 31.9 Å². The Morgan fingerprint density at radius 1 is 0.960 bits per heavy atom. The fraction of sp³-hybridized carbons (Fsp3) is 0.263. The average Bonchev–Trinajstić information content (AvgIpc) is 2.64. The van der Waals surface area contributed by atoms with Gasteiger partial charge in [0, 0.05) is 43.1 Å². The fourth-order valence-electron chi connectivity index (χ4n) is 3.26. The standard InChI is InChI=1S/C19H18ClFN4/c20-15-6-4-14(5-7-15)12-24-8-10-25(11-9-24)19-16-2-1-3-17(21)18(16)22-13-23-19/h1-7,13H,8-12H2. The summed E-state index contributed by atoms with van der Waals surface area (Å²) in [5, 5.41) is 1.53. The molecule has 0 aliphatic carbocycles. The molecule has 0 radical (unpaired) electrons. The molecule has 1 aliphatic heterocycles. The Hall–Kier alpha value is -2.24. The van der Waals surface area contributed by atoms with Crippen molar-refractivity contribution in [3.63, 3.8) is 0 Å². The largest absolute Gasteiger partial charge is 0.353 e. The van der Waals surface area contributed by atoms with Gasteiger partial charge in [-0.05, 0) is 29.8 Å². The van der Waals surface area contributed by atoms with Crippen LogP contribution in [0.4, 0.5) is 10.2 Å². The molecule has 25 heavy (non-hydrogen) atoms. The third-order valence-electron chi connectivity index (χ3n) is 4.59. The topological polar surface area (TPSA) is 32.3 Å². The predicted octanol–water partition coefficient (Wildman–Crippen LogP) is 3.74. The SMILES string of the molecule is Fc1cccc2c(N3CCN(Cc4ccc(Cl)cc4)CC3)ncnc12. The van der Waals surface area contributed by atoms with Crippen LogP contribution in [0.3, 0.4) is 0 Å². The molecule has 0 N–H and O–H groups in total. The average molecular weight is 357 g/mol. The maximum Gasteiger partial charge on any atom is 0.149 e. The Balaban J connectivity index is 1.47. The quantitative estimate of drug-likeness (QED) is 0.715. The normalized spacial score (nSPS) is 15.7. The van der Waals surface area contributed by atoms with E-state index in [9.17, 15) is 4.39 Å². The van der Waals surface area contributed by atoms with E-state index >= 15 is 0 Å². The fourth-order valence-corrected chi connectivity index (χ4v) is 3.38. The Morgan fingerprint density at radius 2 is 1.72 bits per heavy atom. The molecule has 6 heteroatoms. The number of halogens is 2. The minimum atomic E-state index is -0.303. The number of hydrogen-bond acceptors (Lipinski definition) is 4. The van der Waals surface area contributed by atoms with Gasteiger partial charge in [0.05, 0.1) is 0 Å². The van der Waals surface area contributed by atoms with E-state index < -0.39 is 0 Å². The Bertz CT molecular complexity index is 876. The zero-order valence-corrected chi connectivity index (χ0v) is 14.5. The van der Waals surface area contributed by atoms with Gasteiger partial charge < -0.3 is 4.90 Å². The van der Waals surface area contributed by atoms with E-state index in [1.165, 1.54) is 18.0 Å². The summed E-state index contributed by atoms with van der Waals surface area (Å²) in [5.41, 5.74) is 1.64. The van der Waals surface area contributed by atoms with Crippen LogP contribution in [-0.2, 0) is 6.54 Å². The highest BCUT2D eigenvalue weighted by atomic mass is 35.5. The molecule has 0 unspecified atom stereocenters. The molecule has 1 saturated heterocycles. The summed E-state index contributed by atoms with van der Waals surface area (Å²) < 4.78 is 13.9. The first kappa shape index (κ1) is 16.2. The molecule has 2 heterocycles. The van der Waals surface area contributed by atoms with E-state index in [0.29, 0.717) is 5.52 Å². The molecule has 4 rings (SSSR count). The molecule has 0 bridgehead atoms. The predicted molar refractivity (Wildman–Crippen MR) is 98.4 cm³/mol. The number of fused-ring (bicyclic) bond motifs is 1. The number of aromatic nitrogens is 2. The highest BCUT2D eigenvalue weighted by Gasteiger charge is 2.20. The molecular weight excluding hydrogens is 339 g/mol. The van der Waals surface area contributed by atoms with Crippen LogP contribution >= 0.6 is 11.6 Å². The zero-order chi connectivity index (χ0) is 17.2. The first-order valence-electron chi connectivity index (χ1n) is 8.32. The van der Waals surface area contributed by atoms with Gasteiger partial charge in [-0.1, -0.05) is 29.8 Å². The van der Waals surface area contributed by atoms with Crippen LogP contribution in [-0.4, -0.2) is 41.0 Å². The minimum Gasteiger partial charge on any atom is -0.353 e. The number of piperazine rings is 1. The Kier molecular flexibility index (Phi) is 4.51. The zero-order valence-electron chi connectivity index (χ0n) is 13.7. The van der Waals surface area contributed by atoms with Crippen molar-refractivity contribution in [3.05, 3.63) is 65.2 Å². The summed E-state index contributed by atoms with van der Waals surface area (Å²) >= 11 is 5.94. The summed E-state index contributed by atoms with van der Waals surface area (Å²) in [7, 11) is 0. The lowest BCUT2D eigenvalue weighted by molar-refractivity contribution is 0.249. The van der Waals surface area contributed by atoms with Crippen molar-refractivity contribution in [1.29, 1.82) is 0 Å². The van der Waals surface area contributed by atoms with E-state index in [0.717, 1.165) is 49.0 Å². The Morgan fingerprint density at radius 3 is 2.48 bits per heavy atom. The van der Waals surface area contributed by atoms with Crippen molar-refractivity contribution in [2.75, 3.05) is 31.1 Å². The smallest absolute Gasteiger partial charge is 0.149 e. The van der Waals surface area contributed by atoms with Gasteiger partial charge in [-0.25, -0.2) is 14.4 Å². The van der Waals surface area contributed by atoms with Crippen LogP contribution in [0, 0.1) is 5.82 Å². The number of para-hydroxylation sites is 1. The molecular formula is C19H18ClFN4. The molecule has 128 valence electrons. The van der Waals surface area contributed by atoms with Gasteiger partial charge in [0.2, 0.25) is 0 Å². The molecule has 0 saturated carbocycles. The highest BCUT2D eigenvalue weighted by molar-refractivity contribution is 6.30. The van der Waals surface area contributed by atoms with Gasteiger partial charge in [-0.15, -0.1) is 0 Å². The van der Waals surface area contributed by atoms with Gasteiger partial charge in [-0.2, -0.15) is 0 Å². The number of hydrogen-bond donors (Lipinski definition) is 0. The summed E-state index contributed by atoms with van der Waals surface area (Å²) in [6.45, 7) is 4.49. The van der Waals surface area contributed by atoms with Crippen molar-refractivity contribution >= 4 is 28.3 Å². The van der Waals surface area contributed by atoms with Crippen molar-refractivity contribution in [3.8, 4) is 0 Å². The van der Waals surface area contributed by atoms with Crippen LogP contribution in [0.2, 0.25) is 5.02 Å². The molecule has 0 atom stereocenters. The number of nitrogens with zero attached hydrogens (tertiary/aromatic N) is 4.